The molecular weight excluding hydrogens is 438 g/mol. The Hall–Kier alpha value is -2.03. The highest BCUT2D eigenvalue weighted by atomic mass is 35.6. The molecule has 0 heterocycles. The molecule has 3 aromatic carbocycles. The summed E-state index contributed by atoms with van der Waals surface area (Å²) in [5.74, 6) is 0. The number of hydrogen-bond acceptors (Lipinski definition) is 1. The Morgan fingerprint density at radius 2 is 1.12 bits per heavy atom. The van der Waals surface area contributed by atoms with Gasteiger partial charge in [0.15, 0.2) is 0 Å². The van der Waals surface area contributed by atoms with E-state index < -0.39 is 7.38 Å². The maximum atomic E-state index is 8.00. The molecule has 0 bridgehead atoms. The van der Waals surface area contributed by atoms with Gasteiger partial charge in [-0.1, -0.05) is 101 Å². The van der Waals surface area contributed by atoms with Crippen molar-refractivity contribution in [3.63, 3.8) is 0 Å². The fourth-order valence-electron chi connectivity index (χ4n) is 4.36. The lowest BCUT2D eigenvalue weighted by atomic mass is 9.81. The zero-order chi connectivity index (χ0) is 24.8. The Labute approximate surface area is 207 Å². The predicted molar refractivity (Wildman–Crippen MR) is 151 cm³/mol. The minimum atomic E-state index is -2.79. The Kier molecular flexibility index (Phi) is 6.95. The molecule has 0 aromatic heterocycles. The Balaban J connectivity index is 2.44. The van der Waals surface area contributed by atoms with Gasteiger partial charge in [0.25, 0.3) is 0 Å². The Bertz CT molecular complexity index is 1100. The van der Waals surface area contributed by atoms with E-state index in [-0.39, 0.29) is 10.8 Å². The van der Waals surface area contributed by atoms with Crippen molar-refractivity contribution >= 4 is 39.7 Å². The van der Waals surface area contributed by atoms with Crippen LogP contribution in [0.3, 0.4) is 0 Å². The third-order valence-corrected chi connectivity index (χ3v) is 11.7. The van der Waals surface area contributed by atoms with Crippen LogP contribution < -0.4 is 20.5 Å². The van der Waals surface area contributed by atoms with Gasteiger partial charge < -0.3 is 4.90 Å². The van der Waals surface area contributed by atoms with Crippen LogP contribution in [0.15, 0.2) is 60.7 Å². The van der Waals surface area contributed by atoms with E-state index in [2.05, 4.69) is 135 Å². The van der Waals surface area contributed by atoms with Crippen LogP contribution in [0.1, 0.15) is 63.8 Å². The van der Waals surface area contributed by atoms with Crippen LogP contribution in [-0.2, 0) is 10.8 Å². The molecule has 0 aliphatic rings. The second-order valence-electron chi connectivity index (χ2n) is 11.8. The summed E-state index contributed by atoms with van der Waals surface area (Å²) in [5.41, 5.74) is 6.46. The fourth-order valence-corrected chi connectivity index (χ4v) is 8.61. The van der Waals surface area contributed by atoms with Gasteiger partial charge in [0, 0.05) is 19.8 Å². The second kappa shape index (κ2) is 8.96. The van der Waals surface area contributed by atoms with Crippen LogP contribution in [-0.4, -0.2) is 21.5 Å². The van der Waals surface area contributed by atoms with Crippen LogP contribution in [0, 0.1) is 13.8 Å². The minimum absolute atomic E-state index is 0.0379. The maximum Gasteiger partial charge on any atom is 0.248 e. The maximum absolute atomic E-state index is 8.00. The van der Waals surface area contributed by atoms with Gasteiger partial charge in [-0.05, 0) is 63.5 Å². The van der Waals surface area contributed by atoms with Gasteiger partial charge in [-0.15, -0.1) is 11.1 Å². The summed E-state index contributed by atoms with van der Waals surface area (Å²) in [6.07, 6.45) is 0. The van der Waals surface area contributed by atoms with E-state index in [1.165, 1.54) is 43.5 Å². The summed E-state index contributed by atoms with van der Waals surface area (Å²) in [5, 5.41) is 3.75. The average Bonchev–Trinajstić information content (AvgIpc) is 2.71. The van der Waals surface area contributed by atoms with Crippen molar-refractivity contribution in [2.24, 2.45) is 0 Å². The van der Waals surface area contributed by atoms with Crippen LogP contribution in [0.2, 0.25) is 0 Å². The number of aryl methyl sites for hydroxylation is 2. The highest BCUT2D eigenvalue weighted by Crippen LogP contribution is 2.30. The SMILES string of the molecule is Cc1cc(C)cc([Si](Cl)(c2cccc(N(C)C)c2)c2cc(C(C)(C)C)cc(C(C)(C)C)c2)c1. The molecule has 0 aliphatic heterocycles. The van der Waals surface area contributed by atoms with Crippen molar-refractivity contribution in [2.45, 2.75) is 66.2 Å². The van der Waals surface area contributed by atoms with Crippen LogP contribution in [0.25, 0.3) is 0 Å². The second-order valence-corrected chi connectivity index (χ2v) is 16.5. The topological polar surface area (TPSA) is 3.24 Å². The molecule has 0 saturated heterocycles. The molecular formula is C30H40ClNSi. The molecule has 0 spiro atoms. The average molecular weight is 478 g/mol. The number of halogens is 1. The van der Waals surface area contributed by atoms with Gasteiger partial charge in [0.2, 0.25) is 7.38 Å². The molecule has 0 fully saturated rings. The molecule has 1 nitrogen and oxygen atoms in total. The van der Waals surface area contributed by atoms with E-state index in [1.807, 2.05) is 0 Å². The Morgan fingerprint density at radius 1 is 0.636 bits per heavy atom. The summed E-state index contributed by atoms with van der Waals surface area (Å²) < 4.78 is 0. The number of hydrogen-bond donors (Lipinski definition) is 0. The van der Waals surface area contributed by atoms with Gasteiger partial charge in [-0.25, -0.2) is 0 Å². The normalized spacial score (nSPS) is 14.2. The van der Waals surface area contributed by atoms with E-state index >= 15 is 0 Å². The first-order chi connectivity index (χ1) is 15.1. The van der Waals surface area contributed by atoms with Crippen molar-refractivity contribution < 1.29 is 0 Å². The largest absolute Gasteiger partial charge is 0.378 e. The number of anilines is 1. The Morgan fingerprint density at radius 3 is 1.58 bits per heavy atom. The minimum Gasteiger partial charge on any atom is -0.378 e. The molecule has 0 saturated carbocycles. The first kappa shape index (κ1) is 25.6. The molecule has 33 heavy (non-hydrogen) atoms. The quantitative estimate of drug-likeness (QED) is 0.246. The van der Waals surface area contributed by atoms with E-state index in [9.17, 15) is 0 Å². The standard InChI is InChI=1S/C30H40ClNSi/c1-21-14-22(2)16-27(15-21)33(31,26-13-11-12-25(20-26)32(9)10)28-18-23(29(3,4)5)17-24(19-28)30(6,7)8/h11-20H,1-10H3. The molecule has 3 aromatic rings. The highest BCUT2D eigenvalue weighted by molar-refractivity contribution is 7.40. The van der Waals surface area contributed by atoms with Crippen LogP contribution >= 0.6 is 11.1 Å². The third-order valence-electron chi connectivity index (χ3n) is 6.44. The first-order valence-electron chi connectivity index (χ1n) is 11.8. The molecule has 1 unspecified atom stereocenters. The molecule has 1 atom stereocenters. The first-order valence-corrected chi connectivity index (χ1v) is 14.9. The number of benzene rings is 3. The summed E-state index contributed by atoms with van der Waals surface area (Å²) in [6, 6.07) is 22.8. The highest BCUT2D eigenvalue weighted by Gasteiger charge is 2.40. The lowest BCUT2D eigenvalue weighted by molar-refractivity contribution is 0.569. The zero-order valence-electron chi connectivity index (χ0n) is 22.1. The van der Waals surface area contributed by atoms with Crippen LogP contribution in [0.5, 0.6) is 0 Å². The van der Waals surface area contributed by atoms with Gasteiger partial charge in [0.1, 0.15) is 0 Å². The molecule has 0 aliphatic carbocycles. The van der Waals surface area contributed by atoms with E-state index in [0.29, 0.717) is 0 Å². The van der Waals surface area contributed by atoms with E-state index in [4.69, 9.17) is 11.1 Å². The van der Waals surface area contributed by atoms with Crippen molar-refractivity contribution in [3.05, 3.63) is 82.9 Å². The number of rotatable bonds is 4. The lowest BCUT2D eigenvalue weighted by Crippen LogP contribution is -2.63. The summed E-state index contributed by atoms with van der Waals surface area (Å²) in [4.78, 5) is 2.16. The molecule has 0 radical (unpaired) electrons. The fraction of sp³-hybridized carbons (Fsp3) is 0.400. The molecule has 0 amide bonds. The van der Waals surface area contributed by atoms with Crippen molar-refractivity contribution in [1.82, 2.24) is 0 Å². The van der Waals surface area contributed by atoms with Gasteiger partial charge >= 0.3 is 0 Å². The summed E-state index contributed by atoms with van der Waals surface area (Å²) in [6.45, 7) is 18.1. The predicted octanol–water partition coefficient (Wildman–Crippen LogP) is 6.17. The van der Waals surface area contributed by atoms with Crippen molar-refractivity contribution in [2.75, 3.05) is 19.0 Å². The van der Waals surface area contributed by atoms with E-state index in [1.54, 1.807) is 0 Å². The van der Waals surface area contributed by atoms with E-state index in [0.717, 1.165) is 0 Å². The number of nitrogens with zero attached hydrogens (tertiary/aromatic N) is 1. The molecule has 0 N–H and O–H groups in total. The van der Waals surface area contributed by atoms with Crippen molar-refractivity contribution in [3.8, 4) is 0 Å². The summed E-state index contributed by atoms with van der Waals surface area (Å²) in [7, 11) is 1.38. The monoisotopic (exact) mass is 477 g/mol. The molecule has 176 valence electrons. The zero-order valence-corrected chi connectivity index (χ0v) is 23.9. The van der Waals surface area contributed by atoms with Crippen LogP contribution in [0.4, 0.5) is 5.69 Å². The smallest absolute Gasteiger partial charge is 0.248 e. The molecule has 3 rings (SSSR count). The molecule has 3 heteroatoms. The van der Waals surface area contributed by atoms with Crippen molar-refractivity contribution in [1.29, 1.82) is 0 Å². The lowest BCUT2D eigenvalue weighted by Gasteiger charge is -2.32. The van der Waals surface area contributed by atoms with Gasteiger partial charge in [0.05, 0.1) is 0 Å². The van der Waals surface area contributed by atoms with Gasteiger partial charge in [-0.3, -0.25) is 0 Å². The summed E-state index contributed by atoms with van der Waals surface area (Å²) >= 11 is 8.00. The van der Waals surface area contributed by atoms with Gasteiger partial charge in [-0.2, -0.15) is 0 Å². The third kappa shape index (κ3) is 5.39.